The smallest absolute Gasteiger partial charge is 0.105 e. The van der Waals surface area contributed by atoms with Gasteiger partial charge in [-0.05, 0) is 69.8 Å². The third kappa shape index (κ3) is 1.91. The number of hydrogen-bond acceptors (Lipinski definition) is 1. The minimum atomic E-state index is 1.05. The van der Waals surface area contributed by atoms with Crippen LogP contribution >= 0.6 is 45.2 Å². The van der Waals surface area contributed by atoms with Crippen LogP contribution in [0.5, 0.6) is 0 Å². The molecule has 0 bridgehead atoms. The number of rotatable bonds is 2. The maximum absolute atomic E-state index is 4.07. The summed E-state index contributed by atoms with van der Waals surface area (Å²) in [6.07, 6.45) is 5.96. The molecule has 92 valence electrons. The molecule has 0 aliphatic rings. The fourth-order valence-corrected chi connectivity index (χ4v) is 3.19. The molecular formula is C12H10I2N4. The molecule has 3 rings (SSSR count). The van der Waals surface area contributed by atoms with Crippen LogP contribution in [0.1, 0.15) is 5.56 Å². The Morgan fingerprint density at radius 2 is 2.17 bits per heavy atom. The zero-order valence-corrected chi connectivity index (χ0v) is 13.9. The average molecular weight is 464 g/mol. The number of H-pyrrole nitrogens is 2. The highest BCUT2D eigenvalue weighted by Crippen LogP contribution is 2.30. The lowest BCUT2D eigenvalue weighted by Crippen LogP contribution is -1.94. The van der Waals surface area contributed by atoms with E-state index in [0.29, 0.717) is 0 Å². The highest BCUT2D eigenvalue weighted by Gasteiger charge is 2.14. The first kappa shape index (κ1) is 12.3. The predicted molar refractivity (Wildman–Crippen MR) is 87.9 cm³/mol. The van der Waals surface area contributed by atoms with Crippen molar-refractivity contribution in [3.05, 3.63) is 43.7 Å². The van der Waals surface area contributed by atoms with E-state index in [-0.39, 0.29) is 0 Å². The van der Waals surface area contributed by atoms with Gasteiger partial charge in [-0.1, -0.05) is 0 Å². The minimum Gasteiger partial charge on any atom is -0.359 e. The Labute approximate surface area is 131 Å². The van der Waals surface area contributed by atoms with Gasteiger partial charge >= 0.3 is 0 Å². The van der Waals surface area contributed by atoms with Crippen molar-refractivity contribution < 1.29 is 0 Å². The SMILES string of the molecule is Cc1c(-n2cccc2I)c[nH]c1-c1cn[nH]c1I. The van der Waals surface area contributed by atoms with Crippen molar-refractivity contribution in [3.8, 4) is 16.9 Å². The van der Waals surface area contributed by atoms with Crippen LogP contribution < -0.4 is 0 Å². The van der Waals surface area contributed by atoms with Gasteiger partial charge in [-0.15, -0.1) is 0 Å². The van der Waals surface area contributed by atoms with E-state index in [0.717, 1.165) is 15.0 Å². The lowest BCUT2D eigenvalue weighted by atomic mass is 10.1. The molecule has 0 aliphatic heterocycles. The van der Waals surface area contributed by atoms with E-state index in [1.165, 1.54) is 15.0 Å². The standard InChI is InChI=1S/C12H10I2N4/c1-7-9(18-4-2-3-10(18)13)6-15-11(7)8-5-16-17-12(8)14/h2-6,15H,1H3,(H,16,17). The molecule has 0 fully saturated rings. The first-order valence-electron chi connectivity index (χ1n) is 5.39. The van der Waals surface area contributed by atoms with Crippen molar-refractivity contribution in [3.63, 3.8) is 0 Å². The third-order valence-electron chi connectivity index (χ3n) is 2.93. The minimum absolute atomic E-state index is 1.05. The first-order valence-corrected chi connectivity index (χ1v) is 7.54. The molecule has 18 heavy (non-hydrogen) atoms. The summed E-state index contributed by atoms with van der Waals surface area (Å²) in [5, 5.41) is 7.03. The van der Waals surface area contributed by atoms with Gasteiger partial charge in [0.1, 0.15) is 3.70 Å². The highest BCUT2D eigenvalue weighted by molar-refractivity contribution is 14.1. The Balaban J connectivity index is 2.15. The van der Waals surface area contributed by atoms with Crippen LogP contribution in [0.3, 0.4) is 0 Å². The molecular weight excluding hydrogens is 454 g/mol. The van der Waals surface area contributed by atoms with Gasteiger partial charge in [-0.25, -0.2) is 0 Å². The number of aromatic nitrogens is 4. The number of aromatic amines is 2. The Morgan fingerprint density at radius 1 is 1.33 bits per heavy atom. The highest BCUT2D eigenvalue weighted by atomic mass is 127. The van der Waals surface area contributed by atoms with Crippen molar-refractivity contribution >= 4 is 45.2 Å². The maximum atomic E-state index is 4.07. The van der Waals surface area contributed by atoms with Gasteiger partial charge in [-0.2, -0.15) is 5.10 Å². The summed E-state index contributed by atoms with van der Waals surface area (Å²) >= 11 is 4.59. The van der Waals surface area contributed by atoms with Crippen molar-refractivity contribution in [2.75, 3.05) is 0 Å². The van der Waals surface area contributed by atoms with Gasteiger partial charge < -0.3 is 9.55 Å². The van der Waals surface area contributed by atoms with Gasteiger partial charge in [0.2, 0.25) is 0 Å². The van der Waals surface area contributed by atoms with Crippen molar-refractivity contribution in [1.29, 1.82) is 0 Å². The van der Waals surface area contributed by atoms with Crippen molar-refractivity contribution in [2.24, 2.45) is 0 Å². The van der Waals surface area contributed by atoms with Crippen LogP contribution in [0.15, 0.2) is 30.7 Å². The molecule has 0 spiro atoms. The van der Waals surface area contributed by atoms with Gasteiger partial charge in [0.05, 0.1) is 21.3 Å². The second kappa shape index (κ2) is 4.72. The summed E-state index contributed by atoms with van der Waals surface area (Å²) in [4.78, 5) is 3.34. The Morgan fingerprint density at radius 3 is 2.78 bits per heavy atom. The molecule has 3 heterocycles. The molecule has 4 nitrogen and oxygen atoms in total. The van der Waals surface area contributed by atoms with Crippen LogP contribution in [0.2, 0.25) is 0 Å². The molecule has 3 aromatic heterocycles. The molecule has 0 unspecified atom stereocenters. The average Bonchev–Trinajstić information content (AvgIpc) is 3.01. The van der Waals surface area contributed by atoms with Crippen molar-refractivity contribution in [1.82, 2.24) is 19.7 Å². The molecule has 0 atom stereocenters. The molecule has 3 aromatic rings. The molecule has 6 heteroatoms. The van der Waals surface area contributed by atoms with Crippen molar-refractivity contribution in [2.45, 2.75) is 6.92 Å². The van der Waals surface area contributed by atoms with Crippen LogP contribution in [0.4, 0.5) is 0 Å². The lowest BCUT2D eigenvalue weighted by Gasteiger charge is -2.04. The monoisotopic (exact) mass is 464 g/mol. The largest absolute Gasteiger partial charge is 0.359 e. The number of nitrogens with zero attached hydrogens (tertiary/aromatic N) is 2. The first-order chi connectivity index (χ1) is 8.68. The van der Waals surface area contributed by atoms with E-state index in [4.69, 9.17) is 0 Å². The number of hydrogen-bond donors (Lipinski definition) is 2. The fraction of sp³-hybridized carbons (Fsp3) is 0.0833. The Bertz CT molecular complexity index is 635. The third-order valence-corrected chi connectivity index (χ3v) is 4.63. The summed E-state index contributed by atoms with van der Waals surface area (Å²) in [5.41, 5.74) is 4.63. The maximum Gasteiger partial charge on any atom is 0.105 e. The zero-order chi connectivity index (χ0) is 12.7. The number of nitrogens with one attached hydrogen (secondary N) is 2. The van der Waals surface area contributed by atoms with E-state index in [1.54, 1.807) is 0 Å². The normalized spacial score (nSPS) is 11.1. The van der Waals surface area contributed by atoms with Gasteiger partial charge in [0, 0.05) is 18.0 Å². The second-order valence-electron chi connectivity index (χ2n) is 3.97. The van der Waals surface area contributed by atoms with Crippen LogP contribution in [0, 0.1) is 14.3 Å². The summed E-state index contributed by atoms with van der Waals surface area (Å²) < 4.78 is 4.41. The molecule has 0 saturated carbocycles. The second-order valence-corrected chi connectivity index (χ2v) is 6.16. The van der Waals surface area contributed by atoms with Gasteiger partial charge in [0.15, 0.2) is 0 Å². The molecule has 0 aliphatic carbocycles. The summed E-state index contributed by atoms with van der Waals surface area (Å²) in [7, 11) is 0. The van der Waals surface area contributed by atoms with Crippen LogP contribution in [-0.4, -0.2) is 19.7 Å². The predicted octanol–water partition coefficient (Wildman–Crippen LogP) is 3.71. The molecule has 2 N–H and O–H groups in total. The quantitative estimate of drug-likeness (QED) is 0.559. The topological polar surface area (TPSA) is 49.4 Å². The summed E-state index contributed by atoms with van der Waals surface area (Å²) in [5.74, 6) is 0. The van der Waals surface area contributed by atoms with Gasteiger partial charge in [-0.3, -0.25) is 5.10 Å². The summed E-state index contributed by atoms with van der Waals surface area (Å²) in [6, 6.07) is 4.14. The summed E-state index contributed by atoms with van der Waals surface area (Å²) in [6.45, 7) is 2.13. The Hall–Kier alpha value is -0.770. The van der Waals surface area contributed by atoms with Gasteiger partial charge in [0.25, 0.3) is 0 Å². The van der Waals surface area contributed by atoms with Crippen LogP contribution in [0.25, 0.3) is 16.9 Å². The van der Waals surface area contributed by atoms with Crippen LogP contribution in [-0.2, 0) is 0 Å². The van der Waals surface area contributed by atoms with E-state index in [2.05, 4.69) is 90.2 Å². The molecule has 0 radical (unpaired) electrons. The molecule has 0 saturated heterocycles. The number of halogens is 2. The Kier molecular flexibility index (Phi) is 3.22. The van der Waals surface area contributed by atoms with E-state index >= 15 is 0 Å². The molecule has 0 aromatic carbocycles. The van der Waals surface area contributed by atoms with E-state index in [9.17, 15) is 0 Å². The zero-order valence-electron chi connectivity index (χ0n) is 9.54. The van der Waals surface area contributed by atoms with E-state index in [1.807, 2.05) is 12.4 Å². The fourth-order valence-electron chi connectivity index (χ4n) is 2.02. The molecule has 0 amide bonds. The van der Waals surface area contributed by atoms with E-state index < -0.39 is 0 Å². The lowest BCUT2D eigenvalue weighted by molar-refractivity contribution is 1.04.